The molecule has 0 amide bonds. The SMILES string of the molecule is Cc1ccc(F)cc1NCc1cc(-c2cccs2)cs1. The summed E-state index contributed by atoms with van der Waals surface area (Å²) in [6.45, 7) is 2.70. The van der Waals surface area contributed by atoms with Crippen LogP contribution in [0.4, 0.5) is 10.1 Å². The van der Waals surface area contributed by atoms with E-state index in [0.29, 0.717) is 0 Å². The van der Waals surface area contributed by atoms with Crippen LogP contribution in [0, 0.1) is 12.7 Å². The Hall–Kier alpha value is -1.65. The lowest BCUT2D eigenvalue weighted by molar-refractivity contribution is 0.628. The van der Waals surface area contributed by atoms with Crippen molar-refractivity contribution in [1.82, 2.24) is 0 Å². The maximum absolute atomic E-state index is 13.2. The fraction of sp³-hybridized carbons (Fsp3) is 0.125. The van der Waals surface area contributed by atoms with Gasteiger partial charge in [-0.3, -0.25) is 0 Å². The molecular weight excluding hydrogens is 289 g/mol. The number of anilines is 1. The standard InChI is InChI=1S/C16H14FNS2/c1-11-4-5-13(17)8-15(11)18-9-14-7-12(10-20-14)16-3-2-6-19-16/h2-8,10,18H,9H2,1H3. The molecule has 0 spiro atoms. The van der Waals surface area contributed by atoms with Gasteiger partial charge >= 0.3 is 0 Å². The molecule has 102 valence electrons. The van der Waals surface area contributed by atoms with Crippen molar-refractivity contribution in [3.63, 3.8) is 0 Å². The molecule has 1 nitrogen and oxygen atoms in total. The molecule has 0 fully saturated rings. The molecule has 1 aromatic carbocycles. The number of thiophene rings is 2. The Morgan fingerprint density at radius 2 is 2.05 bits per heavy atom. The average Bonchev–Trinajstić information content (AvgIpc) is 3.09. The Labute approximate surface area is 125 Å². The smallest absolute Gasteiger partial charge is 0.125 e. The maximum atomic E-state index is 13.2. The molecule has 1 N–H and O–H groups in total. The first-order valence-corrected chi connectivity index (χ1v) is 8.09. The zero-order valence-electron chi connectivity index (χ0n) is 11.0. The molecule has 0 aliphatic rings. The van der Waals surface area contributed by atoms with E-state index in [1.807, 2.05) is 6.92 Å². The summed E-state index contributed by atoms with van der Waals surface area (Å²) in [7, 11) is 0. The Morgan fingerprint density at radius 1 is 1.15 bits per heavy atom. The quantitative estimate of drug-likeness (QED) is 0.667. The topological polar surface area (TPSA) is 12.0 Å². The first-order valence-electron chi connectivity index (χ1n) is 6.34. The molecule has 4 heteroatoms. The number of aryl methyl sites for hydroxylation is 1. The van der Waals surface area contributed by atoms with Gasteiger partial charge in [-0.05, 0) is 47.5 Å². The first-order chi connectivity index (χ1) is 9.72. The summed E-state index contributed by atoms with van der Waals surface area (Å²) in [5.74, 6) is -0.205. The number of rotatable bonds is 4. The van der Waals surface area contributed by atoms with Crippen molar-refractivity contribution in [3.05, 3.63) is 63.4 Å². The molecule has 0 atom stereocenters. The van der Waals surface area contributed by atoms with E-state index in [1.54, 1.807) is 34.8 Å². The number of benzene rings is 1. The highest BCUT2D eigenvalue weighted by atomic mass is 32.1. The van der Waals surface area contributed by atoms with Crippen LogP contribution >= 0.6 is 22.7 Å². The van der Waals surface area contributed by atoms with E-state index in [1.165, 1.54) is 21.4 Å². The highest BCUT2D eigenvalue weighted by Gasteiger charge is 2.05. The number of hydrogen-bond donors (Lipinski definition) is 1. The van der Waals surface area contributed by atoms with Crippen molar-refractivity contribution in [1.29, 1.82) is 0 Å². The fourth-order valence-corrected chi connectivity index (χ4v) is 3.63. The van der Waals surface area contributed by atoms with Crippen LogP contribution in [0.25, 0.3) is 10.4 Å². The van der Waals surface area contributed by atoms with Crippen LogP contribution in [0.3, 0.4) is 0 Å². The minimum Gasteiger partial charge on any atom is -0.380 e. The van der Waals surface area contributed by atoms with E-state index in [2.05, 4.69) is 34.3 Å². The lowest BCUT2D eigenvalue weighted by Gasteiger charge is -2.08. The summed E-state index contributed by atoms with van der Waals surface area (Å²) in [6, 6.07) is 11.2. The zero-order valence-corrected chi connectivity index (χ0v) is 12.7. The number of hydrogen-bond acceptors (Lipinski definition) is 3. The molecular formula is C16H14FNS2. The van der Waals surface area contributed by atoms with Crippen molar-refractivity contribution in [2.24, 2.45) is 0 Å². The van der Waals surface area contributed by atoms with Crippen LogP contribution in [0.15, 0.2) is 47.2 Å². The lowest BCUT2D eigenvalue weighted by atomic mass is 10.2. The average molecular weight is 303 g/mol. The van der Waals surface area contributed by atoms with E-state index in [9.17, 15) is 4.39 Å². The third kappa shape index (κ3) is 2.92. The minimum absolute atomic E-state index is 0.205. The third-order valence-corrected chi connectivity index (χ3v) is 4.97. The molecule has 0 radical (unpaired) electrons. The molecule has 20 heavy (non-hydrogen) atoms. The fourth-order valence-electron chi connectivity index (χ4n) is 2.01. The molecule has 2 heterocycles. The highest BCUT2D eigenvalue weighted by molar-refractivity contribution is 7.14. The van der Waals surface area contributed by atoms with Gasteiger partial charge in [0.15, 0.2) is 0 Å². The molecule has 3 rings (SSSR count). The second-order valence-corrected chi connectivity index (χ2v) is 6.54. The largest absolute Gasteiger partial charge is 0.380 e. The predicted octanol–water partition coefficient (Wildman–Crippen LogP) is 5.54. The van der Waals surface area contributed by atoms with Gasteiger partial charge in [-0.15, -0.1) is 22.7 Å². The van der Waals surface area contributed by atoms with Crippen molar-refractivity contribution in [2.75, 3.05) is 5.32 Å². The van der Waals surface area contributed by atoms with Gasteiger partial charge in [0, 0.05) is 27.5 Å². The molecule has 3 aromatic rings. The molecule has 0 aliphatic carbocycles. The van der Waals surface area contributed by atoms with Crippen molar-refractivity contribution in [3.8, 4) is 10.4 Å². The second-order valence-electron chi connectivity index (χ2n) is 4.59. The van der Waals surface area contributed by atoms with Gasteiger partial charge in [0.25, 0.3) is 0 Å². The molecule has 0 unspecified atom stereocenters. The van der Waals surface area contributed by atoms with Crippen LogP contribution in [0.1, 0.15) is 10.4 Å². The van der Waals surface area contributed by atoms with E-state index < -0.39 is 0 Å². The molecule has 0 bridgehead atoms. The molecule has 0 saturated carbocycles. The summed E-state index contributed by atoms with van der Waals surface area (Å²) in [6.07, 6.45) is 0. The molecule has 2 aromatic heterocycles. The maximum Gasteiger partial charge on any atom is 0.125 e. The Balaban J connectivity index is 1.71. The summed E-state index contributed by atoms with van der Waals surface area (Å²) in [5.41, 5.74) is 3.18. The van der Waals surface area contributed by atoms with Crippen molar-refractivity contribution in [2.45, 2.75) is 13.5 Å². The summed E-state index contributed by atoms with van der Waals surface area (Å²) >= 11 is 3.47. The van der Waals surface area contributed by atoms with E-state index >= 15 is 0 Å². The normalized spacial score (nSPS) is 10.7. The lowest BCUT2D eigenvalue weighted by Crippen LogP contribution is -1.99. The van der Waals surface area contributed by atoms with Gasteiger partial charge in [0.05, 0.1) is 0 Å². The van der Waals surface area contributed by atoms with Gasteiger partial charge < -0.3 is 5.32 Å². The third-order valence-electron chi connectivity index (χ3n) is 3.11. The van der Waals surface area contributed by atoms with Crippen LogP contribution in [0.2, 0.25) is 0 Å². The Bertz CT molecular complexity index is 701. The number of halogens is 1. The van der Waals surface area contributed by atoms with Gasteiger partial charge in [0.2, 0.25) is 0 Å². The molecule has 0 aliphatic heterocycles. The van der Waals surface area contributed by atoms with E-state index in [0.717, 1.165) is 17.8 Å². The molecule has 0 saturated heterocycles. The van der Waals surface area contributed by atoms with Crippen LogP contribution in [-0.4, -0.2) is 0 Å². The van der Waals surface area contributed by atoms with Gasteiger partial charge in [-0.1, -0.05) is 12.1 Å². The summed E-state index contributed by atoms with van der Waals surface area (Å²) < 4.78 is 13.2. The van der Waals surface area contributed by atoms with Crippen LogP contribution < -0.4 is 5.32 Å². The summed E-state index contributed by atoms with van der Waals surface area (Å²) in [5, 5.41) is 7.55. The highest BCUT2D eigenvalue weighted by Crippen LogP contribution is 2.29. The van der Waals surface area contributed by atoms with E-state index in [-0.39, 0.29) is 5.82 Å². The Kier molecular flexibility index (Phi) is 3.85. The monoisotopic (exact) mass is 303 g/mol. The summed E-state index contributed by atoms with van der Waals surface area (Å²) in [4.78, 5) is 2.53. The number of nitrogens with one attached hydrogen (secondary N) is 1. The van der Waals surface area contributed by atoms with E-state index in [4.69, 9.17) is 0 Å². The van der Waals surface area contributed by atoms with Gasteiger partial charge in [-0.25, -0.2) is 4.39 Å². The van der Waals surface area contributed by atoms with Gasteiger partial charge in [-0.2, -0.15) is 0 Å². The van der Waals surface area contributed by atoms with Crippen LogP contribution in [0.5, 0.6) is 0 Å². The predicted molar refractivity (Wildman–Crippen MR) is 86.1 cm³/mol. The Morgan fingerprint density at radius 3 is 2.85 bits per heavy atom. The second kappa shape index (κ2) is 5.77. The van der Waals surface area contributed by atoms with Gasteiger partial charge in [0.1, 0.15) is 5.82 Å². The zero-order chi connectivity index (χ0) is 13.9. The van der Waals surface area contributed by atoms with Crippen LogP contribution in [-0.2, 0) is 6.54 Å². The first kappa shape index (κ1) is 13.3. The van der Waals surface area contributed by atoms with Crippen molar-refractivity contribution < 1.29 is 4.39 Å². The minimum atomic E-state index is -0.205. The van der Waals surface area contributed by atoms with Crippen molar-refractivity contribution >= 4 is 28.4 Å².